The van der Waals surface area contributed by atoms with Crippen LogP contribution in [0.15, 0.2) is 0 Å². The SMILES string of the molecule is CC1CC2(CCCN2)C1. The second-order valence-electron chi connectivity index (χ2n) is 3.82. The van der Waals surface area contributed by atoms with Gasteiger partial charge < -0.3 is 5.32 Å². The van der Waals surface area contributed by atoms with Gasteiger partial charge in [0.2, 0.25) is 0 Å². The van der Waals surface area contributed by atoms with Gasteiger partial charge in [0.05, 0.1) is 0 Å². The van der Waals surface area contributed by atoms with Gasteiger partial charge in [-0.05, 0) is 38.1 Å². The topological polar surface area (TPSA) is 12.0 Å². The molecule has 1 N–H and O–H groups in total. The first-order valence-electron chi connectivity index (χ1n) is 4.06. The van der Waals surface area contributed by atoms with Crippen LogP contribution in [-0.4, -0.2) is 12.1 Å². The summed E-state index contributed by atoms with van der Waals surface area (Å²) in [6.45, 7) is 3.62. The predicted molar refractivity (Wildman–Crippen MR) is 38.4 cm³/mol. The normalized spacial score (nSPS) is 49.7. The highest BCUT2D eigenvalue weighted by Crippen LogP contribution is 2.42. The van der Waals surface area contributed by atoms with Crippen LogP contribution < -0.4 is 5.32 Å². The van der Waals surface area contributed by atoms with Crippen molar-refractivity contribution in [1.29, 1.82) is 0 Å². The first-order chi connectivity index (χ1) is 4.31. The lowest BCUT2D eigenvalue weighted by atomic mass is 9.68. The van der Waals surface area contributed by atoms with Crippen LogP contribution >= 0.6 is 0 Å². The molecular weight excluding hydrogens is 110 g/mol. The molecule has 1 aliphatic heterocycles. The minimum absolute atomic E-state index is 0.638. The van der Waals surface area contributed by atoms with Crippen molar-refractivity contribution in [2.45, 2.75) is 38.1 Å². The number of rotatable bonds is 0. The van der Waals surface area contributed by atoms with E-state index in [1.54, 1.807) is 0 Å². The van der Waals surface area contributed by atoms with Crippen molar-refractivity contribution in [3.63, 3.8) is 0 Å². The van der Waals surface area contributed by atoms with E-state index in [4.69, 9.17) is 0 Å². The molecule has 0 atom stereocenters. The van der Waals surface area contributed by atoms with Gasteiger partial charge in [-0.25, -0.2) is 0 Å². The maximum Gasteiger partial charge on any atom is 0.0187 e. The summed E-state index contributed by atoms with van der Waals surface area (Å²) in [4.78, 5) is 0. The van der Waals surface area contributed by atoms with Gasteiger partial charge in [0, 0.05) is 5.54 Å². The highest BCUT2D eigenvalue weighted by molar-refractivity contribution is 5.02. The molecule has 1 heterocycles. The summed E-state index contributed by atoms with van der Waals surface area (Å²) < 4.78 is 0. The van der Waals surface area contributed by atoms with E-state index in [-0.39, 0.29) is 0 Å². The van der Waals surface area contributed by atoms with Crippen molar-refractivity contribution >= 4 is 0 Å². The number of nitrogens with one attached hydrogen (secondary N) is 1. The predicted octanol–water partition coefficient (Wildman–Crippen LogP) is 1.54. The van der Waals surface area contributed by atoms with Gasteiger partial charge in [0.15, 0.2) is 0 Å². The second kappa shape index (κ2) is 1.72. The maximum absolute atomic E-state index is 3.60. The molecular formula is C8H15N. The lowest BCUT2D eigenvalue weighted by Crippen LogP contribution is -2.50. The minimum Gasteiger partial charge on any atom is -0.311 e. The molecule has 1 saturated heterocycles. The summed E-state index contributed by atoms with van der Waals surface area (Å²) in [5.41, 5.74) is 0.638. The lowest BCUT2D eigenvalue weighted by Gasteiger charge is -2.44. The Balaban J connectivity index is 1.95. The molecule has 0 unspecified atom stereocenters. The molecule has 1 saturated carbocycles. The Bertz CT molecular complexity index is 106. The molecule has 2 rings (SSSR count). The molecule has 0 aromatic heterocycles. The van der Waals surface area contributed by atoms with Crippen LogP contribution in [0.1, 0.15) is 32.6 Å². The molecule has 9 heavy (non-hydrogen) atoms. The third-order valence-corrected chi connectivity index (χ3v) is 2.81. The van der Waals surface area contributed by atoms with Crippen LogP contribution in [0.2, 0.25) is 0 Å². The summed E-state index contributed by atoms with van der Waals surface area (Å²) in [5.74, 6) is 0.996. The molecule has 0 amide bonds. The lowest BCUT2D eigenvalue weighted by molar-refractivity contribution is 0.139. The van der Waals surface area contributed by atoms with Crippen molar-refractivity contribution in [3.8, 4) is 0 Å². The van der Waals surface area contributed by atoms with Crippen LogP contribution in [-0.2, 0) is 0 Å². The Hall–Kier alpha value is -0.0400. The zero-order valence-corrected chi connectivity index (χ0v) is 6.11. The smallest absolute Gasteiger partial charge is 0.0187 e. The third kappa shape index (κ3) is 0.787. The van der Waals surface area contributed by atoms with Crippen molar-refractivity contribution < 1.29 is 0 Å². The van der Waals surface area contributed by atoms with E-state index in [2.05, 4.69) is 12.2 Å². The number of hydrogen-bond donors (Lipinski definition) is 1. The zero-order valence-electron chi connectivity index (χ0n) is 6.11. The molecule has 0 radical (unpaired) electrons. The van der Waals surface area contributed by atoms with Gasteiger partial charge >= 0.3 is 0 Å². The van der Waals surface area contributed by atoms with Gasteiger partial charge in [0.1, 0.15) is 0 Å². The van der Waals surface area contributed by atoms with Gasteiger partial charge in [-0.3, -0.25) is 0 Å². The van der Waals surface area contributed by atoms with Gasteiger partial charge in [-0.2, -0.15) is 0 Å². The summed E-state index contributed by atoms with van der Waals surface area (Å²) in [5, 5.41) is 3.60. The monoisotopic (exact) mass is 125 g/mol. The van der Waals surface area contributed by atoms with Crippen LogP contribution in [0.4, 0.5) is 0 Å². The fourth-order valence-electron chi connectivity index (χ4n) is 2.49. The van der Waals surface area contributed by atoms with Crippen LogP contribution in [0.3, 0.4) is 0 Å². The van der Waals surface area contributed by atoms with E-state index < -0.39 is 0 Å². The maximum atomic E-state index is 3.60. The Morgan fingerprint density at radius 1 is 1.44 bits per heavy atom. The molecule has 2 aliphatic rings. The molecule has 0 aromatic carbocycles. The average molecular weight is 125 g/mol. The van der Waals surface area contributed by atoms with E-state index in [1.807, 2.05) is 0 Å². The first kappa shape index (κ1) is 5.72. The van der Waals surface area contributed by atoms with Gasteiger partial charge in [-0.15, -0.1) is 0 Å². The van der Waals surface area contributed by atoms with Crippen molar-refractivity contribution in [3.05, 3.63) is 0 Å². The van der Waals surface area contributed by atoms with E-state index in [0.29, 0.717) is 5.54 Å². The Morgan fingerprint density at radius 3 is 2.67 bits per heavy atom. The van der Waals surface area contributed by atoms with E-state index in [1.165, 1.54) is 32.2 Å². The summed E-state index contributed by atoms with van der Waals surface area (Å²) in [6, 6.07) is 0. The molecule has 1 aliphatic carbocycles. The largest absolute Gasteiger partial charge is 0.311 e. The first-order valence-corrected chi connectivity index (χ1v) is 4.06. The Kier molecular flexibility index (Phi) is 1.10. The molecule has 1 heteroatoms. The fraction of sp³-hybridized carbons (Fsp3) is 1.00. The Labute approximate surface area is 56.8 Å². The van der Waals surface area contributed by atoms with E-state index in [0.717, 1.165) is 5.92 Å². The quantitative estimate of drug-likeness (QED) is 0.518. The molecule has 1 spiro atoms. The van der Waals surface area contributed by atoms with Crippen LogP contribution in [0, 0.1) is 5.92 Å². The van der Waals surface area contributed by atoms with E-state index >= 15 is 0 Å². The summed E-state index contributed by atoms with van der Waals surface area (Å²) >= 11 is 0. The van der Waals surface area contributed by atoms with Crippen molar-refractivity contribution in [1.82, 2.24) is 5.32 Å². The minimum atomic E-state index is 0.638. The summed E-state index contributed by atoms with van der Waals surface area (Å²) in [6.07, 6.45) is 5.73. The van der Waals surface area contributed by atoms with Crippen molar-refractivity contribution in [2.75, 3.05) is 6.54 Å². The van der Waals surface area contributed by atoms with Crippen LogP contribution in [0.5, 0.6) is 0 Å². The standard InChI is InChI=1S/C8H15N/c1-7-5-8(6-7)3-2-4-9-8/h7,9H,2-6H2,1H3. The Morgan fingerprint density at radius 2 is 2.22 bits per heavy atom. The van der Waals surface area contributed by atoms with Crippen molar-refractivity contribution in [2.24, 2.45) is 5.92 Å². The zero-order chi connectivity index (χ0) is 6.32. The molecule has 2 fully saturated rings. The highest BCUT2D eigenvalue weighted by Gasteiger charge is 2.43. The molecule has 52 valence electrons. The molecule has 0 aromatic rings. The highest BCUT2D eigenvalue weighted by atomic mass is 15.0. The van der Waals surface area contributed by atoms with Gasteiger partial charge in [-0.1, -0.05) is 6.92 Å². The third-order valence-electron chi connectivity index (χ3n) is 2.81. The van der Waals surface area contributed by atoms with E-state index in [9.17, 15) is 0 Å². The molecule has 0 bridgehead atoms. The second-order valence-corrected chi connectivity index (χ2v) is 3.82. The molecule has 1 nitrogen and oxygen atoms in total. The van der Waals surface area contributed by atoms with Crippen LogP contribution in [0.25, 0.3) is 0 Å². The average Bonchev–Trinajstić information content (AvgIpc) is 2.12. The van der Waals surface area contributed by atoms with Gasteiger partial charge in [0.25, 0.3) is 0 Å². The summed E-state index contributed by atoms with van der Waals surface area (Å²) in [7, 11) is 0. The fourth-order valence-corrected chi connectivity index (χ4v) is 2.49. The number of hydrogen-bond acceptors (Lipinski definition) is 1.